The lowest BCUT2D eigenvalue weighted by molar-refractivity contribution is -0.117. The molecule has 0 aliphatic carbocycles. The van der Waals surface area contributed by atoms with Crippen molar-refractivity contribution >= 4 is 21.4 Å². The molecule has 0 radical (unpaired) electrons. The fourth-order valence-corrected chi connectivity index (χ4v) is 3.23. The van der Waals surface area contributed by atoms with Crippen molar-refractivity contribution in [3.8, 4) is 0 Å². The number of halogens is 1. The van der Waals surface area contributed by atoms with Crippen molar-refractivity contribution < 1.29 is 17.6 Å². The molecule has 1 aromatic rings. The highest BCUT2D eigenvalue weighted by Gasteiger charge is 2.33. The number of nitrogens with two attached hydrogens (primary N) is 1. The second kappa shape index (κ2) is 4.08. The van der Waals surface area contributed by atoms with E-state index in [2.05, 4.69) is 0 Å². The summed E-state index contributed by atoms with van der Waals surface area (Å²) in [5.74, 6) is -1.44. The molecule has 0 saturated heterocycles. The Morgan fingerprint density at radius 1 is 1.47 bits per heavy atom. The number of fused-ring (bicyclic) bond motifs is 1. The van der Waals surface area contributed by atoms with Crippen LogP contribution in [0, 0.1) is 5.82 Å². The summed E-state index contributed by atoms with van der Waals surface area (Å²) in [5.41, 5.74) is 5.03. The number of nitrogens with zero attached hydrogens (tertiary/aromatic N) is 1. The van der Waals surface area contributed by atoms with E-state index >= 15 is 0 Å². The van der Waals surface area contributed by atoms with Gasteiger partial charge in [0.25, 0.3) is 0 Å². The summed E-state index contributed by atoms with van der Waals surface area (Å²) in [5, 5.41) is 0. The molecule has 17 heavy (non-hydrogen) atoms. The average Bonchev–Trinajstić information content (AvgIpc) is 2.29. The lowest BCUT2D eigenvalue weighted by Crippen LogP contribution is -2.43. The third-order valence-corrected chi connectivity index (χ3v) is 4.33. The molecule has 2 N–H and O–H groups in total. The molecule has 0 unspecified atom stereocenters. The van der Waals surface area contributed by atoms with Gasteiger partial charge in [0.1, 0.15) is 5.82 Å². The first-order valence-electron chi connectivity index (χ1n) is 4.99. The molecule has 7 heteroatoms. The van der Waals surface area contributed by atoms with Gasteiger partial charge in [-0.05, 0) is 12.1 Å². The van der Waals surface area contributed by atoms with Crippen LogP contribution in [0.15, 0.2) is 23.1 Å². The third kappa shape index (κ3) is 1.91. The van der Waals surface area contributed by atoms with Crippen LogP contribution in [0.2, 0.25) is 0 Å². The second-order valence-electron chi connectivity index (χ2n) is 3.65. The van der Waals surface area contributed by atoms with Crippen LogP contribution in [0.4, 0.5) is 10.1 Å². The predicted octanol–water partition coefficient (Wildman–Crippen LogP) is -0.0953. The summed E-state index contributed by atoms with van der Waals surface area (Å²) in [6.45, 7) is -0.347. The van der Waals surface area contributed by atoms with Crippen LogP contribution < -0.4 is 10.6 Å². The average molecular weight is 258 g/mol. The predicted molar refractivity (Wildman–Crippen MR) is 59.9 cm³/mol. The van der Waals surface area contributed by atoms with Gasteiger partial charge in [0, 0.05) is 6.54 Å². The molecule has 0 atom stereocenters. The van der Waals surface area contributed by atoms with Gasteiger partial charge in [-0.3, -0.25) is 4.79 Å². The number of amides is 1. The standard InChI is InChI=1S/C10H11FN2O3S/c11-7-2-1-3-8-10(7)13(9(14)6-12)4-5-17(8,15)16/h1-3H,4-6,12H2. The van der Waals surface area contributed by atoms with Gasteiger partial charge in [-0.2, -0.15) is 0 Å². The Hall–Kier alpha value is -1.47. The molecule has 0 aromatic heterocycles. The fourth-order valence-electron chi connectivity index (χ4n) is 1.80. The van der Waals surface area contributed by atoms with E-state index in [0.29, 0.717) is 0 Å². The minimum atomic E-state index is -3.51. The molecule has 92 valence electrons. The van der Waals surface area contributed by atoms with E-state index < -0.39 is 21.6 Å². The van der Waals surface area contributed by atoms with Crippen molar-refractivity contribution in [2.75, 3.05) is 23.7 Å². The van der Waals surface area contributed by atoms with Crippen LogP contribution in [-0.2, 0) is 14.6 Å². The minimum absolute atomic E-state index is 0.0632. The van der Waals surface area contributed by atoms with E-state index in [9.17, 15) is 17.6 Å². The number of anilines is 1. The lowest BCUT2D eigenvalue weighted by atomic mass is 10.2. The topological polar surface area (TPSA) is 80.5 Å². The summed E-state index contributed by atoms with van der Waals surface area (Å²) in [7, 11) is -3.51. The number of para-hydroxylation sites is 1. The first kappa shape index (κ1) is 12.0. The van der Waals surface area contributed by atoms with Crippen molar-refractivity contribution in [3.05, 3.63) is 24.0 Å². The normalized spacial score (nSPS) is 17.6. The largest absolute Gasteiger partial charge is 0.322 e. The van der Waals surface area contributed by atoms with E-state index in [4.69, 9.17) is 5.73 Å². The molecule has 1 aliphatic rings. The maximum Gasteiger partial charge on any atom is 0.240 e. The fraction of sp³-hybridized carbons (Fsp3) is 0.300. The van der Waals surface area contributed by atoms with Crippen molar-refractivity contribution in [1.82, 2.24) is 0 Å². The minimum Gasteiger partial charge on any atom is -0.322 e. The number of benzene rings is 1. The third-order valence-electron chi connectivity index (χ3n) is 2.61. The van der Waals surface area contributed by atoms with E-state index in [0.717, 1.165) is 11.0 Å². The number of carbonyl (C=O) groups excluding carboxylic acids is 1. The van der Waals surface area contributed by atoms with Crippen LogP contribution in [0.3, 0.4) is 0 Å². The summed E-state index contributed by atoms with van der Waals surface area (Å²) < 4.78 is 37.2. The van der Waals surface area contributed by atoms with Crippen LogP contribution in [0.5, 0.6) is 0 Å². The van der Waals surface area contributed by atoms with Gasteiger partial charge in [-0.25, -0.2) is 12.8 Å². The van der Waals surface area contributed by atoms with Crippen LogP contribution >= 0.6 is 0 Å². The molecule has 1 aromatic carbocycles. The molecule has 2 rings (SSSR count). The van der Waals surface area contributed by atoms with E-state index in [1.807, 2.05) is 0 Å². The van der Waals surface area contributed by atoms with Gasteiger partial charge in [0.15, 0.2) is 9.84 Å². The Morgan fingerprint density at radius 3 is 2.82 bits per heavy atom. The zero-order valence-corrected chi connectivity index (χ0v) is 9.71. The molecule has 0 saturated carbocycles. The number of rotatable bonds is 1. The number of sulfone groups is 1. The number of hydrogen-bond acceptors (Lipinski definition) is 4. The SMILES string of the molecule is NCC(=O)N1CCS(=O)(=O)c2cccc(F)c21. The first-order chi connectivity index (χ1) is 7.97. The van der Waals surface area contributed by atoms with Gasteiger partial charge < -0.3 is 10.6 Å². The molecular formula is C10H11FN2O3S. The van der Waals surface area contributed by atoms with E-state index in [-0.39, 0.29) is 29.4 Å². The smallest absolute Gasteiger partial charge is 0.240 e. The zero-order valence-electron chi connectivity index (χ0n) is 8.89. The first-order valence-corrected chi connectivity index (χ1v) is 6.64. The Balaban J connectivity index is 2.65. The highest BCUT2D eigenvalue weighted by molar-refractivity contribution is 7.91. The van der Waals surface area contributed by atoms with Gasteiger partial charge in [-0.1, -0.05) is 6.07 Å². The zero-order chi connectivity index (χ0) is 12.6. The number of hydrogen-bond donors (Lipinski definition) is 1. The lowest BCUT2D eigenvalue weighted by Gasteiger charge is -2.29. The summed E-state index contributed by atoms with van der Waals surface area (Å²) >= 11 is 0. The number of carbonyl (C=O) groups is 1. The van der Waals surface area contributed by atoms with Crippen LogP contribution in [0.1, 0.15) is 0 Å². The van der Waals surface area contributed by atoms with Gasteiger partial charge in [0.05, 0.1) is 22.9 Å². The van der Waals surface area contributed by atoms with E-state index in [1.54, 1.807) is 0 Å². The molecule has 1 aliphatic heterocycles. The summed E-state index contributed by atoms with van der Waals surface area (Å²) in [6, 6.07) is 3.72. The van der Waals surface area contributed by atoms with Crippen molar-refractivity contribution in [2.45, 2.75) is 4.90 Å². The highest BCUT2D eigenvalue weighted by Crippen LogP contribution is 2.32. The maximum atomic E-state index is 13.7. The molecular weight excluding hydrogens is 247 g/mol. The van der Waals surface area contributed by atoms with Gasteiger partial charge in [0.2, 0.25) is 5.91 Å². The molecule has 0 spiro atoms. The van der Waals surface area contributed by atoms with Crippen molar-refractivity contribution in [3.63, 3.8) is 0 Å². The molecule has 0 bridgehead atoms. The molecule has 5 nitrogen and oxygen atoms in total. The second-order valence-corrected chi connectivity index (χ2v) is 5.73. The highest BCUT2D eigenvalue weighted by atomic mass is 32.2. The monoisotopic (exact) mass is 258 g/mol. The van der Waals surface area contributed by atoms with E-state index in [1.165, 1.54) is 12.1 Å². The Labute approximate surface area is 97.9 Å². The van der Waals surface area contributed by atoms with Gasteiger partial charge >= 0.3 is 0 Å². The van der Waals surface area contributed by atoms with Crippen molar-refractivity contribution in [2.24, 2.45) is 5.73 Å². The van der Waals surface area contributed by atoms with Gasteiger partial charge in [-0.15, -0.1) is 0 Å². The molecule has 1 heterocycles. The van der Waals surface area contributed by atoms with Crippen molar-refractivity contribution in [1.29, 1.82) is 0 Å². The Kier molecular flexibility index (Phi) is 2.88. The summed E-state index contributed by atoms with van der Waals surface area (Å²) in [6.07, 6.45) is 0. The van der Waals surface area contributed by atoms with Crippen LogP contribution in [0.25, 0.3) is 0 Å². The maximum absolute atomic E-state index is 13.7. The Morgan fingerprint density at radius 2 is 2.18 bits per heavy atom. The molecule has 1 amide bonds. The Bertz CT molecular complexity index is 571. The quantitative estimate of drug-likeness (QED) is 0.763. The molecule has 0 fully saturated rings. The van der Waals surface area contributed by atoms with Crippen LogP contribution in [-0.4, -0.2) is 33.2 Å². The summed E-state index contributed by atoms with van der Waals surface area (Å²) in [4.78, 5) is 12.5.